The van der Waals surface area contributed by atoms with Crippen LogP contribution in [-0.4, -0.2) is 69.5 Å². The minimum Gasteiger partial charge on any atom is -0.392 e. The van der Waals surface area contributed by atoms with Crippen molar-refractivity contribution in [2.24, 2.45) is 0 Å². The molecule has 37 heavy (non-hydrogen) atoms. The van der Waals surface area contributed by atoms with Gasteiger partial charge < -0.3 is 29.4 Å². The Morgan fingerprint density at radius 2 is 2.08 bits per heavy atom. The van der Waals surface area contributed by atoms with Crippen molar-refractivity contribution in [1.82, 2.24) is 19.4 Å². The second-order valence-corrected chi connectivity index (χ2v) is 9.71. The molecule has 0 spiro atoms. The van der Waals surface area contributed by atoms with Crippen LogP contribution in [0.15, 0.2) is 36.7 Å². The van der Waals surface area contributed by atoms with E-state index in [2.05, 4.69) is 15.3 Å². The standard InChI is InChI=1S/C26H29ClFN5O4/c1-36-15-21-13-32-11-18(24-22(27)10-29-26(31-24)30-20-4-6-37-7-5-20)9-23(32)25(35)33(21)12-17-8-19(28)3-2-16(17)14-34/h2-3,8-11,20-21,34H,4-7,12-15H2,1H3,(H,29,30,31)/t21-/m1/s1. The average Bonchev–Trinajstić information content (AvgIpc) is 3.32. The monoisotopic (exact) mass is 529 g/mol. The van der Waals surface area contributed by atoms with Gasteiger partial charge in [0.05, 0.1) is 36.2 Å². The molecule has 4 heterocycles. The molecule has 9 nitrogen and oxygen atoms in total. The molecule has 0 unspecified atom stereocenters. The number of aliphatic hydroxyl groups is 1. The van der Waals surface area contributed by atoms with E-state index in [1.54, 1.807) is 24.3 Å². The first kappa shape index (κ1) is 25.6. The van der Waals surface area contributed by atoms with E-state index in [1.165, 1.54) is 18.2 Å². The number of hydrogen-bond donors (Lipinski definition) is 2. The van der Waals surface area contributed by atoms with Crippen LogP contribution < -0.4 is 5.32 Å². The van der Waals surface area contributed by atoms with Crippen molar-refractivity contribution in [3.05, 3.63) is 64.3 Å². The SMILES string of the molecule is COC[C@H]1Cn2cc(-c3nc(NC4CCOCC4)ncc3Cl)cc2C(=O)N1Cc1cc(F)ccc1CO. The van der Waals surface area contributed by atoms with E-state index in [0.29, 0.717) is 65.4 Å². The number of benzene rings is 1. The van der Waals surface area contributed by atoms with Crippen molar-refractivity contribution in [3.8, 4) is 11.3 Å². The fraction of sp³-hybridized carbons (Fsp3) is 0.423. The molecule has 196 valence electrons. The third kappa shape index (κ3) is 5.47. The number of methoxy groups -OCH3 is 1. The lowest BCUT2D eigenvalue weighted by Crippen LogP contribution is -2.49. The van der Waals surface area contributed by atoms with Crippen LogP contribution in [0.2, 0.25) is 5.02 Å². The Kier molecular flexibility index (Phi) is 7.71. The largest absolute Gasteiger partial charge is 0.392 e. The molecule has 1 atom stereocenters. The van der Waals surface area contributed by atoms with Gasteiger partial charge in [0.15, 0.2) is 0 Å². The van der Waals surface area contributed by atoms with E-state index >= 15 is 0 Å². The van der Waals surface area contributed by atoms with E-state index < -0.39 is 5.82 Å². The number of aromatic nitrogens is 3. The van der Waals surface area contributed by atoms with Gasteiger partial charge in [0.1, 0.15) is 11.5 Å². The molecule has 1 fully saturated rings. The quantitative estimate of drug-likeness (QED) is 0.460. The van der Waals surface area contributed by atoms with Crippen molar-refractivity contribution in [2.45, 2.75) is 44.6 Å². The number of rotatable bonds is 8. The number of amides is 1. The Morgan fingerprint density at radius 1 is 1.27 bits per heavy atom. The van der Waals surface area contributed by atoms with Crippen molar-refractivity contribution in [3.63, 3.8) is 0 Å². The third-order valence-corrected chi connectivity index (χ3v) is 7.11. The zero-order chi connectivity index (χ0) is 25.9. The van der Waals surface area contributed by atoms with Crippen molar-refractivity contribution in [1.29, 1.82) is 0 Å². The lowest BCUT2D eigenvalue weighted by atomic mass is 10.0. The number of anilines is 1. The number of carbonyl (C=O) groups excluding carboxylic acids is 1. The summed E-state index contributed by atoms with van der Waals surface area (Å²) in [5.41, 5.74) is 2.83. The van der Waals surface area contributed by atoms with Gasteiger partial charge >= 0.3 is 0 Å². The van der Waals surface area contributed by atoms with Crippen molar-refractivity contribution in [2.75, 3.05) is 32.2 Å². The van der Waals surface area contributed by atoms with Crippen LogP contribution in [0.3, 0.4) is 0 Å². The molecule has 2 aliphatic heterocycles. The van der Waals surface area contributed by atoms with Gasteiger partial charge in [0, 0.05) is 51.2 Å². The van der Waals surface area contributed by atoms with E-state index in [-0.39, 0.29) is 31.1 Å². The van der Waals surface area contributed by atoms with Crippen LogP contribution in [-0.2, 0) is 29.2 Å². The van der Waals surface area contributed by atoms with Gasteiger partial charge in [-0.1, -0.05) is 17.7 Å². The van der Waals surface area contributed by atoms with E-state index in [4.69, 9.17) is 21.1 Å². The number of nitrogens with zero attached hydrogens (tertiary/aromatic N) is 4. The minimum absolute atomic E-state index is 0.147. The first-order valence-electron chi connectivity index (χ1n) is 12.2. The topological polar surface area (TPSA) is 102 Å². The van der Waals surface area contributed by atoms with Crippen molar-refractivity contribution >= 4 is 23.5 Å². The number of aliphatic hydroxyl groups excluding tert-OH is 1. The highest BCUT2D eigenvalue weighted by Gasteiger charge is 2.34. The molecule has 0 saturated carbocycles. The Bertz CT molecular complexity index is 1280. The van der Waals surface area contributed by atoms with Crippen molar-refractivity contribution < 1.29 is 23.8 Å². The molecule has 3 aromatic rings. The first-order valence-corrected chi connectivity index (χ1v) is 12.6. The molecule has 0 radical (unpaired) electrons. The lowest BCUT2D eigenvalue weighted by molar-refractivity contribution is 0.0386. The first-order chi connectivity index (χ1) is 18.0. The lowest BCUT2D eigenvalue weighted by Gasteiger charge is -2.36. The molecule has 0 aliphatic carbocycles. The maximum absolute atomic E-state index is 14.0. The third-order valence-electron chi connectivity index (χ3n) is 6.84. The highest BCUT2D eigenvalue weighted by Crippen LogP contribution is 2.32. The summed E-state index contributed by atoms with van der Waals surface area (Å²) in [6.45, 7) is 2.07. The molecule has 1 aromatic carbocycles. The van der Waals surface area contributed by atoms with Crippen LogP contribution in [0, 0.1) is 5.82 Å². The van der Waals surface area contributed by atoms with Crippen LogP contribution in [0.4, 0.5) is 10.3 Å². The Hall–Kier alpha value is -3.05. The van der Waals surface area contributed by atoms with Gasteiger partial charge in [-0.2, -0.15) is 0 Å². The zero-order valence-electron chi connectivity index (χ0n) is 20.5. The summed E-state index contributed by atoms with van der Waals surface area (Å²) >= 11 is 6.48. The second kappa shape index (κ2) is 11.1. The Morgan fingerprint density at radius 3 is 2.84 bits per heavy atom. The number of hydrogen-bond acceptors (Lipinski definition) is 7. The molecule has 2 aromatic heterocycles. The number of ether oxygens (including phenoxy) is 2. The zero-order valence-corrected chi connectivity index (χ0v) is 21.2. The molecular formula is C26H29ClFN5O4. The summed E-state index contributed by atoms with van der Waals surface area (Å²) < 4.78 is 26.7. The summed E-state index contributed by atoms with van der Waals surface area (Å²) in [6, 6.07) is 5.90. The molecular weight excluding hydrogens is 501 g/mol. The fourth-order valence-corrected chi connectivity index (χ4v) is 5.09. The minimum atomic E-state index is -0.422. The molecule has 0 bridgehead atoms. The second-order valence-electron chi connectivity index (χ2n) is 9.30. The van der Waals surface area contributed by atoms with Gasteiger partial charge in [0.25, 0.3) is 5.91 Å². The molecule has 2 N–H and O–H groups in total. The summed E-state index contributed by atoms with van der Waals surface area (Å²) in [4.78, 5) is 24.3. The predicted octanol–water partition coefficient (Wildman–Crippen LogP) is 3.49. The van der Waals surface area contributed by atoms with Gasteiger partial charge in [0.2, 0.25) is 5.95 Å². The molecule has 11 heteroatoms. The van der Waals surface area contributed by atoms with Crippen LogP contribution in [0.25, 0.3) is 11.3 Å². The van der Waals surface area contributed by atoms with Gasteiger partial charge in [-0.3, -0.25) is 4.79 Å². The molecule has 5 rings (SSSR count). The predicted molar refractivity (Wildman–Crippen MR) is 136 cm³/mol. The van der Waals surface area contributed by atoms with Crippen LogP contribution in [0.5, 0.6) is 0 Å². The highest BCUT2D eigenvalue weighted by molar-refractivity contribution is 6.33. The summed E-state index contributed by atoms with van der Waals surface area (Å²) in [5.74, 6) is -0.170. The smallest absolute Gasteiger partial charge is 0.271 e. The summed E-state index contributed by atoms with van der Waals surface area (Å²) in [6.07, 6.45) is 5.16. The fourth-order valence-electron chi connectivity index (χ4n) is 4.89. The Balaban J connectivity index is 1.44. The molecule has 1 saturated heterocycles. The average molecular weight is 530 g/mol. The van der Waals surface area contributed by atoms with E-state index in [0.717, 1.165) is 12.8 Å². The maximum Gasteiger partial charge on any atom is 0.271 e. The van der Waals surface area contributed by atoms with E-state index in [9.17, 15) is 14.3 Å². The van der Waals surface area contributed by atoms with Gasteiger partial charge in [-0.05, 0) is 42.2 Å². The molecule has 1 amide bonds. The number of carbonyl (C=O) groups is 1. The number of fused-ring (bicyclic) bond motifs is 1. The van der Waals surface area contributed by atoms with Crippen LogP contribution >= 0.6 is 11.6 Å². The highest BCUT2D eigenvalue weighted by atomic mass is 35.5. The number of nitrogens with one attached hydrogen (secondary N) is 1. The Labute approximate surface area is 219 Å². The molecule has 2 aliphatic rings. The number of halogens is 2. The normalized spacial score (nSPS) is 18.2. The van der Waals surface area contributed by atoms with Crippen LogP contribution in [0.1, 0.15) is 34.5 Å². The van der Waals surface area contributed by atoms with Gasteiger partial charge in [-0.15, -0.1) is 0 Å². The summed E-state index contributed by atoms with van der Waals surface area (Å²) in [7, 11) is 1.58. The maximum atomic E-state index is 14.0. The summed E-state index contributed by atoms with van der Waals surface area (Å²) in [5, 5.41) is 13.5. The van der Waals surface area contributed by atoms with Gasteiger partial charge in [-0.25, -0.2) is 14.4 Å². The van der Waals surface area contributed by atoms with E-state index in [1.807, 2.05) is 10.8 Å².